The normalized spacial score (nSPS) is 27.7. The first kappa shape index (κ1) is 16.6. The van der Waals surface area contributed by atoms with Gasteiger partial charge in [0.1, 0.15) is 5.71 Å². The Labute approximate surface area is 150 Å². The third-order valence-electron chi connectivity index (χ3n) is 5.00. The number of aromatic amines is 1. The summed E-state index contributed by atoms with van der Waals surface area (Å²) in [6.07, 6.45) is 3.21. The molecule has 0 amide bonds. The molecule has 0 radical (unpaired) electrons. The quantitative estimate of drug-likeness (QED) is 0.547. The minimum absolute atomic E-state index is 0.00494. The van der Waals surface area contributed by atoms with Crippen LogP contribution in [-0.2, 0) is 9.84 Å². The van der Waals surface area contributed by atoms with E-state index >= 15 is 0 Å². The van der Waals surface area contributed by atoms with Crippen molar-refractivity contribution in [1.82, 2.24) is 15.5 Å². The number of nitrogens with one attached hydrogen (secondary N) is 2. The molecule has 2 bridgehead atoms. The van der Waals surface area contributed by atoms with Crippen LogP contribution >= 0.6 is 11.6 Å². The third kappa shape index (κ3) is 2.74. The fourth-order valence-corrected chi connectivity index (χ4v) is 5.64. The molecule has 3 N–H and O–H groups in total. The summed E-state index contributed by atoms with van der Waals surface area (Å²) in [6, 6.07) is 5.88. The summed E-state index contributed by atoms with van der Waals surface area (Å²) < 4.78 is 26.1. The van der Waals surface area contributed by atoms with Crippen molar-refractivity contribution in [1.29, 1.82) is 0 Å². The lowest BCUT2D eigenvalue weighted by atomic mass is 9.94. The van der Waals surface area contributed by atoms with E-state index in [0.717, 1.165) is 5.56 Å². The predicted molar refractivity (Wildman–Crippen MR) is 92.9 cm³/mol. The van der Waals surface area contributed by atoms with Gasteiger partial charge in [0.15, 0.2) is 9.84 Å². The summed E-state index contributed by atoms with van der Waals surface area (Å²) >= 11 is 5.87. The van der Waals surface area contributed by atoms with E-state index in [2.05, 4.69) is 20.7 Å². The van der Waals surface area contributed by atoms with E-state index in [0.29, 0.717) is 35.7 Å². The second-order valence-electron chi connectivity index (χ2n) is 6.39. The Bertz CT molecular complexity index is 923. The van der Waals surface area contributed by atoms with E-state index in [1.54, 1.807) is 18.3 Å². The molecule has 7 nitrogen and oxygen atoms in total. The van der Waals surface area contributed by atoms with Gasteiger partial charge in [-0.2, -0.15) is 5.10 Å². The van der Waals surface area contributed by atoms with Gasteiger partial charge in [-0.1, -0.05) is 16.8 Å². The highest BCUT2D eigenvalue weighted by atomic mass is 35.5. The summed E-state index contributed by atoms with van der Waals surface area (Å²) in [5, 5.41) is 23.0. The van der Waals surface area contributed by atoms with Crippen LogP contribution in [0.25, 0.3) is 0 Å². The topological polar surface area (TPSA) is 107 Å². The molecule has 2 aliphatic rings. The number of halogens is 1. The van der Waals surface area contributed by atoms with Gasteiger partial charge in [0.05, 0.1) is 28.1 Å². The molecule has 1 aromatic carbocycles. The lowest BCUT2D eigenvalue weighted by molar-refractivity contribution is 0.313. The Hall–Kier alpha value is -1.90. The zero-order valence-corrected chi connectivity index (χ0v) is 14.8. The van der Waals surface area contributed by atoms with Crippen molar-refractivity contribution < 1.29 is 13.6 Å². The van der Waals surface area contributed by atoms with Gasteiger partial charge in [-0.05, 0) is 43.5 Å². The summed E-state index contributed by atoms with van der Waals surface area (Å²) in [4.78, 5) is 0.265. The zero-order valence-electron chi connectivity index (χ0n) is 13.2. The SMILES string of the molecule is O=S(=O)(c1ccc(Cl)cc1)C1CCC2NC(C1)/C(=N/O)c1[nH]ncc12. The zero-order chi connectivity index (χ0) is 17.6. The van der Waals surface area contributed by atoms with Crippen molar-refractivity contribution in [2.24, 2.45) is 5.16 Å². The fraction of sp³-hybridized carbons (Fsp3) is 0.375. The number of hydrogen-bond donors (Lipinski definition) is 3. The van der Waals surface area contributed by atoms with Crippen LogP contribution in [0.2, 0.25) is 5.02 Å². The van der Waals surface area contributed by atoms with Gasteiger partial charge in [-0.15, -0.1) is 0 Å². The number of sulfone groups is 1. The van der Waals surface area contributed by atoms with Crippen LogP contribution in [0.5, 0.6) is 0 Å². The van der Waals surface area contributed by atoms with E-state index in [1.807, 2.05) is 0 Å². The fourth-order valence-electron chi connectivity index (χ4n) is 3.72. The minimum Gasteiger partial charge on any atom is -0.411 e. The average molecular weight is 381 g/mol. The van der Waals surface area contributed by atoms with Crippen LogP contribution in [-0.4, -0.2) is 40.8 Å². The summed E-state index contributed by atoms with van der Waals surface area (Å²) in [6.45, 7) is 0. The number of rotatable bonds is 2. The van der Waals surface area contributed by atoms with E-state index in [1.165, 1.54) is 12.1 Å². The van der Waals surface area contributed by atoms with Gasteiger partial charge in [-0.25, -0.2) is 8.42 Å². The molecule has 2 aliphatic heterocycles. The Morgan fingerprint density at radius 1 is 1.20 bits per heavy atom. The molecule has 2 aromatic rings. The molecule has 4 rings (SSSR count). The maximum Gasteiger partial charge on any atom is 0.181 e. The maximum atomic E-state index is 13.1. The van der Waals surface area contributed by atoms with Gasteiger partial charge in [0.25, 0.3) is 0 Å². The van der Waals surface area contributed by atoms with Crippen molar-refractivity contribution in [3.8, 4) is 0 Å². The Morgan fingerprint density at radius 2 is 1.96 bits per heavy atom. The van der Waals surface area contributed by atoms with Crippen molar-refractivity contribution in [3.63, 3.8) is 0 Å². The Morgan fingerprint density at radius 3 is 2.68 bits per heavy atom. The van der Waals surface area contributed by atoms with Crippen molar-refractivity contribution >= 4 is 27.1 Å². The van der Waals surface area contributed by atoms with Gasteiger partial charge in [-0.3, -0.25) is 5.10 Å². The molecule has 25 heavy (non-hydrogen) atoms. The molecule has 3 heterocycles. The summed E-state index contributed by atoms with van der Waals surface area (Å²) in [5.41, 5.74) is 2.00. The Kier molecular flexibility index (Phi) is 4.05. The average Bonchev–Trinajstić information content (AvgIpc) is 2.99. The number of benzene rings is 1. The molecular weight excluding hydrogens is 364 g/mol. The number of aromatic nitrogens is 2. The van der Waals surface area contributed by atoms with Gasteiger partial charge >= 0.3 is 0 Å². The standard InChI is InChI=1S/C16H17ClN4O3S/c17-9-1-3-10(4-2-9)25(23,24)11-5-6-13-12-8-18-20-15(12)16(21-22)14(7-11)19-13/h1-4,8,11,13-14,19,22H,5-7H2,(H,18,20)/b21-16-. The van der Waals surface area contributed by atoms with E-state index in [-0.39, 0.29) is 17.0 Å². The molecule has 1 aromatic heterocycles. The van der Waals surface area contributed by atoms with Gasteiger partial charge in [0, 0.05) is 16.6 Å². The number of oxime groups is 1. The molecule has 0 aliphatic carbocycles. The second-order valence-corrected chi connectivity index (χ2v) is 9.06. The first-order valence-electron chi connectivity index (χ1n) is 8.02. The number of H-pyrrole nitrogens is 1. The Balaban J connectivity index is 1.69. The number of nitrogens with zero attached hydrogens (tertiary/aromatic N) is 2. The van der Waals surface area contributed by atoms with Gasteiger partial charge in [0.2, 0.25) is 0 Å². The highest BCUT2D eigenvalue weighted by molar-refractivity contribution is 7.92. The van der Waals surface area contributed by atoms with Crippen molar-refractivity contribution in [3.05, 3.63) is 46.7 Å². The van der Waals surface area contributed by atoms with Gasteiger partial charge < -0.3 is 10.5 Å². The van der Waals surface area contributed by atoms with E-state index in [9.17, 15) is 13.6 Å². The van der Waals surface area contributed by atoms with Crippen molar-refractivity contribution in [2.45, 2.75) is 41.5 Å². The minimum atomic E-state index is -3.50. The molecular formula is C16H17ClN4O3S. The first-order valence-corrected chi connectivity index (χ1v) is 9.94. The first-order chi connectivity index (χ1) is 12.0. The lowest BCUT2D eigenvalue weighted by Gasteiger charge is -2.29. The third-order valence-corrected chi connectivity index (χ3v) is 7.48. The van der Waals surface area contributed by atoms with Crippen LogP contribution in [0.15, 0.2) is 40.5 Å². The van der Waals surface area contributed by atoms with E-state index in [4.69, 9.17) is 11.6 Å². The molecule has 3 atom stereocenters. The predicted octanol–water partition coefficient (Wildman–Crippen LogP) is 2.28. The summed E-state index contributed by atoms with van der Waals surface area (Å²) in [7, 11) is -3.50. The van der Waals surface area contributed by atoms with Crippen LogP contribution in [0.1, 0.15) is 36.6 Å². The number of hydrogen-bond acceptors (Lipinski definition) is 6. The summed E-state index contributed by atoms with van der Waals surface area (Å²) in [5.74, 6) is 0. The lowest BCUT2D eigenvalue weighted by Crippen LogP contribution is -2.45. The monoisotopic (exact) mass is 380 g/mol. The molecule has 1 fully saturated rings. The van der Waals surface area contributed by atoms with Crippen molar-refractivity contribution in [2.75, 3.05) is 0 Å². The molecule has 0 saturated carbocycles. The highest BCUT2D eigenvalue weighted by Gasteiger charge is 2.41. The van der Waals surface area contributed by atoms with Crippen LogP contribution < -0.4 is 5.32 Å². The van der Waals surface area contributed by atoms with Crippen LogP contribution in [0.3, 0.4) is 0 Å². The highest BCUT2D eigenvalue weighted by Crippen LogP contribution is 2.36. The van der Waals surface area contributed by atoms with Crippen LogP contribution in [0, 0.1) is 0 Å². The number of fused-ring (bicyclic) bond motifs is 4. The van der Waals surface area contributed by atoms with E-state index < -0.39 is 15.1 Å². The molecule has 132 valence electrons. The second kappa shape index (κ2) is 6.12. The molecule has 3 unspecified atom stereocenters. The largest absolute Gasteiger partial charge is 0.411 e. The molecule has 9 heteroatoms. The molecule has 0 spiro atoms. The molecule has 1 saturated heterocycles. The maximum absolute atomic E-state index is 13.1. The smallest absolute Gasteiger partial charge is 0.181 e. The van der Waals surface area contributed by atoms with Crippen LogP contribution in [0.4, 0.5) is 0 Å².